The maximum absolute atomic E-state index is 13.0. The second-order valence-corrected chi connectivity index (χ2v) is 6.76. The number of hydrogen-bond acceptors (Lipinski definition) is 3. The third-order valence-corrected chi connectivity index (χ3v) is 4.88. The van der Waals surface area contributed by atoms with Crippen molar-refractivity contribution < 1.29 is 14.0 Å². The van der Waals surface area contributed by atoms with Crippen molar-refractivity contribution in [2.75, 3.05) is 6.54 Å². The van der Waals surface area contributed by atoms with Gasteiger partial charge in [-0.05, 0) is 42.3 Å². The Kier molecular flexibility index (Phi) is 4.35. The largest absolute Gasteiger partial charge is 0.340 e. The van der Waals surface area contributed by atoms with Crippen molar-refractivity contribution in [3.8, 4) is 0 Å². The molecule has 3 aromatic rings. The third-order valence-electron chi connectivity index (χ3n) is 4.88. The number of likely N-dealkylation sites (tertiary alicyclic amines) is 1. The first-order valence-corrected chi connectivity index (χ1v) is 8.76. The zero-order chi connectivity index (χ0) is 19.0. The summed E-state index contributed by atoms with van der Waals surface area (Å²) < 4.78 is 14.9. The normalized spacial score (nSPS) is 16.9. The van der Waals surface area contributed by atoms with Crippen molar-refractivity contribution in [2.24, 2.45) is 7.05 Å². The minimum absolute atomic E-state index is 0.119. The van der Waals surface area contributed by atoms with E-state index in [1.54, 1.807) is 35.5 Å². The lowest BCUT2D eigenvalue weighted by atomic mass is 10.1. The number of rotatable bonds is 4. The Morgan fingerprint density at radius 2 is 2.04 bits per heavy atom. The number of amides is 2. The number of aryl methyl sites for hydroxylation is 1. The standard InChI is InChI=1S/C20H19FN4O2/c1-24-12-22-17-10-14(4-7-18(17)24)19(26)23-16-8-9-25(20(16)27)11-13-2-5-15(21)6-3-13/h2-7,10,12,16H,8-9,11H2,1H3,(H,23,26)/t16-/m0/s1. The summed E-state index contributed by atoms with van der Waals surface area (Å²) in [5, 5.41) is 2.82. The van der Waals surface area contributed by atoms with Crippen LogP contribution in [0.2, 0.25) is 0 Å². The van der Waals surface area contributed by atoms with Crippen molar-refractivity contribution in [1.82, 2.24) is 19.8 Å². The number of halogens is 1. The van der Waals surface area contributed by atoms with Crippen LogP contribution in [-0.4, -0.2) is 38.9 Å². The summed E-state index contributed by atoms with van der Waals surface area (Å²) in [7, 11) is 1.89. The van der Waals surface area contributed by atoms with Crippen LogP contribution in [-0.2, 0) is 18.4 Å². The first-order chi connectivity index (χ1) is 13.0. The van der Waals surface area contributed by atoms with Crippen molar-refractivity contribution in [3.05, 3.63) is 65.7 Å². The SMILES string of the molecule is Cn1cnc2cc(C(=O)N[C@H]3CCN(Cc4ccc(F)cc4)C3=O)ccc21. The summed E-state index contributed by atoms with van der Waals surface area (Å²) in [6.45, 7) is 0.964. The first-order valence-electron chi connectivity index (χ1n) is 8.76. The number of imidazole rings is 1. The number of carbonyl (C=O) groups excluding carboxylic acids is 2. The van der Waals surface area contributed by atoms with Gasteiger partial charge in [0.05, 0.1) is 17.4 Å². The molecule has 2 heterocycles. The van der Waals surface area contributed by atoms with Crippen molar-refractivity contribution in [2.45, 2.75) is 19.0 Å². The molecule has 0 spiro atoms. The van der Waals surface area contributed by atoms with Crippen LogP contribution in [0.1, 0.15) is 22.3 Å². The van der Waals surface area contributed by atoms with E-state index >= 15 is 0 Å². The summed E-state index contributed by atoms with van der Waals surface area (Å²) in [5.74, 6) is -0.711. The predicted octanol–water partition coefficient (Wildman–Crippen LogP) is 2.24. The van der Waals surface area contributed by atoms with Crippen LogP contribution in [0.3, 0.4) is 0 Å². The average Bonchev–Trinajstić information content (AvgIpc) is 3.20. The van der Waals surface area contributed by atoms with Gasteiger partial charge in [-0.15, -0.1) is 0 Å². The molecule has 1 atom stereocenters. The van der Waals surface area contributed by atoms with Crippen molar-refractivity contribution in [3.63, 3.8) is 0 Å². The van der Waals surface area contributed by atoms with Gasteiger partial charge in [0.25, 0.3) is 5.91 Å². The van der Waals surface area contributed by atoms with E-state index in [1.807, 2.05) is 17.7 Å². The molecule has 2 amide bonds. The third kappa shape index (κ3) is 3.40. The number of fused-ring (bicyclic) bond motifs is 1. The molecule has 138 valence electrons. The number of hydrogen-bond donors (Lipinski definition) is 1. The highest BCUT2D eigenvalue weighted by molar-refractivity contribution is 6.00. The molecule has 0 bridgehead atoms. The van der Waals surface area contributed by atoms with Crippen LogP contribution in [0.5, 0.6) is 0 Å². The molecule has 27 heavy (non-hydrogen) atoms. The number of carbonyl (C=O) groups is 2. The van der Waals surface area contributed by atoms with E-state index in [9.17, 15) is 14.0 Å². The molecule has 0 radical (unpaired) electrons. The molecule has 1 N–H and O–H groups in total. The van der Waals surface area contributed by atoms with Crippen LogP contribution < -0.4 is 5.32 Å². The van der Waals surface area contributed by atoms with Crippen LogP contribution >= 0.6 is 0 Å². The Morgan fingerprint density at radius 1 is 1.26 bits per heavy atom. The van der Waals surface area contributed by atoms with E-state index in [0.717, 1.165) is 16.6 Å². The summed E-state index contributed by atoms with van der Waals surface area (Å²) in [5.41, 5.74) is 3.01. The molecule has 1 aliphatic heterocycles. The molecule has 1 aliphatic rings. The lowest BCUT2D eigenvalue weighted by molar-refractivity contribution is -0.129. The summed E-state index contributed by atoms with van der Waals surface area (Å²) in [6, 6.07) is 10.8. The minimum Gasteiger partial charge on any atom is -0.340 e. The summed E-state index contributed by atoms with van der Waals surface area (Å²) >= 11 is 0. The fourth-order valence-corrected chi connectivity index (χ4v) is 3.36. The van der Waals surface area contributed by atoms with Crippen LogP contribution in [0.4, 0.5) is 4.39 Å². The summed E-state index contributed by atoms with van der Waals surface area (Å²) in [6.07, 6.45) is 2.25. The monoisotopic (exact) mass is 366 g/mol. The van der Waals surface area contributed by atoms with Gasteiger partial charge in [0.15, 0.2) is 0 Å². The van der Waals surface area contributed by atoms with Gasteiger partial charge < -0.3 is 14.8 Å². The molecular weight excluding hydrogens is 347 g/mol. The average molecular weight is 366 g/mol. The Labute approximate surface area is 155 Å². The number of benzene rings is 2. The van der Waals surface area contributed by atoms with E-state index in [1.165, 1.54) is 12.1 Å². The number of aromatic nitrogens is 2. The van der Waals surface area contributed by atoms with Gasteiger partial charge in [-0.2, -0.15) is 0 Å². The molecule has 1 aromatic heterocycles. The van der Waals surface area contributed by atoms with Gasteiger partial charge in [-0.1, -0.05) is 12.1 Å². The fraction of sp³-hybridized carbons (Fsp3) is 0.250. The predicted molar refractivity (Wildman–Crippen MR) is 98.4 cm³/mol. The molecule has 7 heteroatoms. The van der Waals surface area contributed by atoms with E-state index in [2.05, 4.69) is 10.3 Å². The second kappa shape index (κ2) is 6.83. The highest BCUT2D eigenvalue weighted by Gasteiger charge is 2.32. The Hall–Kier alpha value is -3.22. The fourth-order valence-electron chi connectivity index (χ4n) is 3.36. The molecule has 1 fully saturated rings. The van der Waals surface area contributed by atoms with Crippen molar-refractivity contribution >= 4 is 22.8 Å². The van der Waals surface area contributed by atoms with Gasteiger partial charge in [0.2, 0.25) is 5.91 Å². The smallest absolute Gasteiger partial charge is 0.252 e. The van der Waals surface area contributed by atoms with E-state index in [4.69, 9.17) is 0 Å². The molecule has 0 saturated carbocycles. The lowest BCUT2D eigenvalue weighted by Gasteiger charge is -2.17. The Bertz CT molecular complexity index is 1010. The maximum atomic E-state index is 13.0. The molecule has 4 rings (SSSR count). The topological polar surface area (TPSA) is 67.2 Å². The van der Waals surface area contributed by atoms with Crippen molar-refractivity contribution in [1.29, 1.82) is 0 Å². The van der Waals surface area contributed by atoms with Gasteiger partial charge in [-0.25, -0.2) is 9.37 Å². The van der Waals surface area contributed by atoms with Gasteiger partial charge in [0.1, 0.15) is 11.9 Å². The lowest BCUT2D eigenvalue weighted by Crippen LogP contribution is -2.41. The number of nitrogens with zero attached hydrogens (tertiary/aromatic N) is 3. The first kappa shape index (κ1) is 17.2. The second-order valence-electron chi connectivity index (χ2n) is 6.76. The molecular formula is C20H19FN4O2. The zero-order valence-corrected chi connectivity index (χ0v) is 14.9. The Morgan fingerprint density at radius 3 is 2.81 bits per heavy atom. The van der Waals surface area contributed by atoms with Crippen LogP contribution in [0, 0.1) is 5.82 Å². The zero-order valence-electron chi connectivity index (χ0n) is 14.9. The Balaban J connectivity index is 1.42. The summed E-state index contributed by atoms with van der Waals surface area (Å²) in [4.78, 5) is 31.1. The quantitative estimate of drug-likeness (QED) is 0.770. The van der Waals surface area contributed by atoms with Gasteiger partial charge in [-0.3, -0.25) is 9.59 Å². The van der Waals surface area contributed by atoms with E-state index in [-0.39, 0.29) is 17.6 Å². The van der Waals surface area contributed by atoms with E-state index < -0.39 is 6.04 Å². The van der Waals surface area contributed by atoms with Crippen LogP contribution in [0.25, 0.3) is 11.0 Å². The molecule has 6 nitrogen and oxygen atoms in total. The molecule has 2 aromatic carbocycles. The molecule has 1 saturated heterocycles. The van der Waals surface area contributed by atoms with E-state index in [0.29, 0.717) is 25.1 Å². The van der Waals surface area contributed by atoms with Crippen LogP contribution in [0.15, 0.2) is 48.8 Å². The minimum atomic E-state index is -0.544. The number of nitrogens with one attached hydrogen (secondary N) is 1. The highest BCUT2D eigenvalue weighted by atomic mass is 19.1. The molecule has 0 unspecified atom stereocenters. The highest BCUT2D eigenvalue weighted by Crippen LogP contribution is 2.18. The van der Waals surface area contributed by atoms with Gasteiger partial charge in [0, 0.05) is 25.7 Å². The maximum Gasteiger partial charge on any atom is 0.252 e. The van der Waals surface area contributed by atoms with Gasteiger partial charge >= 0.3 is 0 Å². The molecule has 0 aliphatic carbocycles.